The molecular weight excluding hydrogens is 342 g/mol. The van der Waals surface area contributed by atoms with Gasteiger partial charge in [-0.15, -0.1) is 0 Å². The molecule has 1 aromatic heterocycles. The van der Waals surface area contributed by atoms with Crippen LogP contribution in [0.15, 0.2) is 46.1 Å². The van der Waals surface area contributed by atoms with E-state index < -0.39 is 10.0 Å². The van der Waals surface area contributed by atoms with Crippen molar-refractivity contribution < 1.29 is 13.2 Å². The number of sulfonamides is 1. The third-order valence-corrected chi connectivity index (χ3v) is 5.44. The Morgan fingerprint density at radius 2 is 2.00 bits per heavy atom. The van der Waals surface area contributed by atoms with Crippen LogP contribution in [0, 0.1) is 0 Å². The van der Waals surface area contributed by atoms with Crippen molar-refractivity contribution in [1.82, 2.24) is 14.5 Å². The van der Waals surface area contributed by atoms with E-state index in [9.17, 15) is 13.2 Å². The molecule has 2 aromatic rings. The van der Waals surface area contributed by atoms with Gasteiger partial charge in [0.1, 0.15) is 10.6 Å². The van der Waals surface area contributed by atoms with Crippen LogP contribution < -0.4 is 15.0 Å². The van der Waals surface area contributed by atoms with E-state index in [1.807, 2.05) is 0 Å². The Morgan fingerprint density at radius 3 is 2.72 bits per heavy atom. The van der Waals surface area contributed by atoms with E-state index in [4.69, 9.17) is 4.74 Å². The van der Waals surface area contributed by atoms with E-state index in [1.165, 1.54) is 16.8 Å². The van der Waals surface area contributed by atoms with Crippen LogP contribution in [0.5, 0.6) is 5.75 Å². The van der Waals surface area contributed by atoms with Gasteiger partial charge >= 0.3 is 0 Å². The Labute approximate surface area is 146 Å². The van der Waals surface area contributed by atoms with E-state index in [0.29, 0.717) is 18.3 Å². The van der Waals surface area contributed by atoms with Gasteiger partial charge in [-0.05, 0) is 38.0 Å². The van der Waals surface area contributed by atoms with E-state index in [1.54, 1.807) is 31.2 Å². The Morgan fingerprint density at radius 1 is 1.24 bits per heavy atom. The first-order valence-corrected chi connectivity index (χ1v) is 9.79. The zero-order valence-corrected chi connectivity index (χ0v) is 14.8. The van der Waals surface area contributed by atoms with Crippen molar-refractivity contribution in [2.45, 2.75) is 37.1 Å². The fourth-order valence-electron chi connectivity index (χ4n) is 2.53. The van der Waals surface area contributed by atoms with Gasteiger partial charge in [0.2, 0.25) is 10.0 Å². The molecule has 0 bridgehead atoms. The summed E-state index contributed by atoms with van der Waals surface area (Å²) in [6.45, 7) is 2.42. The third kappa shape index (κ3) is 4.26. The predicted octanol–water partition coefficient (Wildman–Crippen LogP) is 1.50. The fourth-order valence-corrected chi connectivity index (χ4v) is 3.70. The minimum Gasteiger partial charge on any atom is -0.492 e. The highest BCUT2D eigenvalue weighted by atomic mass is 32.2. The molecule has 0 radical (unpaired) electrons. The van der Waals surface area contributed by atoms with Gasteiger partial charge in [0, 0.05) is 18.5 Å². The van der Waals surface area contributed by atoms with Crippen LogP contribution in [0.1, 0.15) is 31.4 Å². The Balaban J connectivity index is 1.69. The van der Waals surface area contributed by atoms with Gasteiger partial charge in [0.05, 0.1) is 18.8 Å². The number of hydrogen-bond donors (Lipinski definition) is 1. The molecule has 8 heteroatoms. The molecule has 0 unspecified atom stereocenters. The van der Waals surface area contributed by atoms with Gasteiger partial charge in [-0.25, -0.2) is 17.8 Å². The zero-order chi connectivity index (χ0) is 17.9. The van der Waals surface area contributed by atoms with E-state index in [0.717, 1.165) is 18.5 Å². The molecule has 0 saturated heterocycles. The summed E-state index contributed by atoms with van der Waals surface area (Å²) in [7, 11) is -3.73. The number of aromatic nitrogens is 2. The normalized spacial score (nSPS) is 14.4. The highest BCUT2D eigenvalue weighted by molar-refractivity contribution is 7.89. The van der Waals surface area contributed by atoms with Gasteiger partial charge in [-0.3, -0.25) is 4.79 Å². The SMILES string of the molecule is CCOc1ccccc1S(=O)(=O)NCCn1nc(C2CC2)ccc1=O. The summed E-state index contributed by atoms with van der Waals surface area (Å²) >= 11 is 0. The Kier molecular flexibility index (Phi) is 5.19. The first-order valence-electron chi connectivity index (χ1n) is 8.31. The van der Waals surface area contributed by atoms with Crippen molar-refractivity contribution in [1.29, 1.82) is 0 Å². The summed E-state index contributed by atoms with van der Waals surface area (Å²) in [4.78, 5) is 12.0. The predicted molar refractivity (Wildman–Crippen MR) is 93.3 cm³/mol. The van der Waals surface area contributed by atoms with Gasteiger partial charge in [-0.2, -0.15) is 5.10 Å². The minimum absolute atomic E-state index is 0.0732. The summed E-state index contributed by atoms with van der Waals surface area (Å²) < 4.78 is 34.2. The molecule has 1 aromatic carbocycles. The van der Waals surface area contributed by atoms with E-state index in [-0.39, 0.29) is 23.5 Å². The third-order valence-electron chi connectivity index (χ3n) is 3.94. The maximum atomic E-state index is 12.5. The maximum Gasteiger partial charge on any atom is 0.266 e. The van der Waals surface area contributed by atoms with Gasteiger partial charge in [-0.1, -0.05) is 12.1 Å². The molecule has 1 saturated carbocycles. The van der Waals surface area contributed by atoms with Crippen molar-refractivity contribution in [2.75, 3.05) is 13.2 Å². The number of hydrogen-bond acceptors (Lipinski definition) is 5. The summed E-state index contributed by atoms with van der Waals surface area (Å²) in [6, 6.07) is 9.70. The van der Waals surface area contributed by atoms with Crippen LogP contribution in [0.25, 0.3) is 0 Å². The molecule has 25 heavy (non-hydrogen) atoms. The van der Waals surface area contributed by atoms with Crippen LogP contribution in [-0.4, -0.2) is 31.3 Å². The first kappa shape index (κ1) is 17.6. The summed E-state index contributed by atoms with van der Waals surface area (Å²) in [5, 5.41) is 4.32. The van der Waals surface area contributed by atoms with Crippen molar-refractivity contribution in [3.63, 3.8) is 0 Å². The van der Waals surface area contributed by atoms with Crippen LogP contribution >= 0.6 is 0 Å². The number of nitrogens with one attached hydrogen (secondary N) is 1. The van der Waals surface area contributed by atoms with Gasteiger partial charge in [0.15, 0.2) is 0 Å². The molecule has 0 spiro atoms. The zero-order valence-electron chi connectivity index (χ0n) is 14.0. The van der Waals surface area contributed by atoms with E-state index >= 15 is 0 Å². The molecule has 0 amide bonds. The molecule has 1 fully saturated rings. The number of nitrogens with zero attached hydrogens (tertiary/aromatic N) is 2. The Hall–Kier alpha value is -2.19. The maximum absolute atomic E-state index is 12.5. The minimum atomic E-state index is -3.73. The lowest BCUT2D eigenvalue weighted by Gasteiger charge is -2.12. The molecule has 1 N–H and O–H groups in total. The van der Waals surface area contributed by atoms with Crippen molar-refractivity contribution >= 4 is 10.0 Å². The molecule has 7 nitrogen and oxygen atoms in total. The van der Waals surface area contributed by atoms with Gasteiger partial charge in [0.25, 0.3) is 5.56 Å². The van der Waals surface area contributed by atoms with Crippen molar-refractivity contribution in [3.05, 3.63) is 52.4 Å². The quantitative estimate of drug-likeness (QED) is 0.767. The largest absolute Gasteiger partial charge is 0.492 e. The summed E-state index contributed by atoms with van der Waals surface area (Å²) in [5.41, 5.74) is 0.655. The average Bonchev–Trinajstić information content (AvgIpc) is 3.42. The summed E-state index contributed by atoms with van der Waals surface area (Å²) in [6.07, 6.45) is 2.18. The highest BCUT2D eigenvalue weighted by Crippen LogP contribution is 2.38. The lowest BCUT2D eigenvalue weighted by molar-refractivity contribution is 0.331. The van der Waals surface area contributed by atoms with Gasteiger partial charge < -0.3 is 4.74 Å². The molecule has 1 aliphatic carbocycles. The number of para-hydroxylation sites is 1. The molecular formula is C17H21N3O4S. The molecule has 0 atom stereocenters. The summed E-state index contributed by atoms with van der Waals surface area (Å²) in [5.74, 6) is 0.741. The molecule has 1 heterocycles. The molecule has 134 valence electrons. The molecule has 0 aliphatic heterocycles. The van der Waals surface area contributed by atoms with Crippen LogP contribution in [-0.2, 0) is 16.6 Å². The van der Waals surface area contributed by atoms with E-state index in [2.05, 4.69) is 9.82 Å². The molecule has 3 rings (SSSR count). The van der Waals surface area contributed by atoms with Crippen LogP contribution in [0.4, 0.5) is 0 Å². The fraction of sp³-hybridized carbons (Fsp3) is 0.412. The number of rotatable bonds is 8. The smallest absolute Gasteiger partial charge is 0.266 e. The Bertz CT molecular complexity index is 904. The molecule has 1 aliphatic rings. The second kappa shape index (κ2) is 7.37. The second-order valence-corrected chi connectivity index (χ2v) is 7.61. The van der Waals surface area contributed by atoms with Crippen molar-refractivity contribution in [2.24, 2.45) is 0 Å². The average molecular weight is 363 g/mol. The van der Waals surface area contributed by atoms with Crippen LogP contribution in [0.3, 0.4) is 0 Å². The highest BCUT2D eigenvalue weighted by Gasteiger charge is 2.25. The monoisotopic (exact) mass is 363 g/mol. The van der Waals surface area contributed by atoms with Crippen molar-refractivity contribution in [3.8, 4) is 5.75 Å². The number of ether oxygens (including phenoxy) is 1. The first-order chi connectivity index (χ1) is 12.0. The standard InChI is InChI=1S/C17H21N3O4S/c1-2-24-15-5-3-4-6-16(15)25(22,23)18-11-12-20-17(21)10-9-14(19-20)13-7-8-13/h3-6,9-10,13,18H,2,7-8,11-12H2,1H3. The number of benzene rings is 1. The topological polar surface area (TPSA) is 90.3 Å². The lowest BCUT2D eigenvalue weighted by atomic mass is 10.3. The van der Waals surface area contributed by atoms with Crippen LogP contribution in [0.2, 0.25) is 0 Å². The second-order valence-electron chi connectivity index (χ2n) is 5.87. The lowest BCUT2D eigenvalue weighted by Crippen LogP contribution is -2.32.